The largest absolute Gasteiger partial charge is 1.00 e. The van der Waals surface area contributed by atoms with Crippen LogP contribution in [-0.4, -0.2) is 62.0 Å². The van der Waals surface area contributed by atoms with E-state index < -0.39 is 16.4 Å². The van der Waals surface area contributed by atoms with Crippen LogP contribution in [0.5, 0.6) is 17.2 Å². The molecule has 0 spiro atoms. The molecule has 0 radical (unpaired) electrons. The Bertz CT molecular complexity index is 3450. The van der Waals surface area contributed by atoms with Gasteiger partial charge in [-0.05, 0) is 251 Å². The second-order valence-electron chi connectivity index (χ2n) is 26.4. The first kappa shape index (κ1) is 101. The first-order chi connectivity index (χ1) is 43.0. The number of rotatable bonds is 7. The van der Waals surface area contributed by atoms with Gasteiger partial charge in [0.2, 0.25) is 0 Å². The summed E-state index contributed by atoms with van der Waals surface area (Å²) in [6.07, 6.45) is 28.0. The molecule has 2 heterocycles. The van der Waals surface area contributed by atoms with Crippen LogP contribution in [0.1, 0.15) is 258 Å². The van der Waals surface area contributed by atoms with Gasteiger partial charge < -0.3 is 36.4 Å². The summed E-state index contributed by atoms with van der Waals surface area (Å²) in [6, 6.07) is 21.0. The van der Waals surface area contributed by atoms with Crippen LogP contribution in [0.2, 0.25) is 0 Å². The molecule has 3 fully saturated rings. The number of carbonyl (C=O) groups is 3. The second kappa shape index (κ2) is 50.2. The van der Waals surface area contributed by atoms with Crippen LogP contribution in [0.25, 0.3) is 11.0 Å². The van der Waals surface area contributed by atoms with Crippen molar-refractivity contribution in [3.8, 4) is 17.2 Å². The number of Topliss-reactive ketones (excluding diaryl/α,β-unsaturated/α-hetero) is 2. The predicted molar refractivity (Wildman–Crippen MR) is 398 cm³/mol. The van der Waals surface area contributed by atoms with Crippen LogP contribution in [-0.2, 0) is 21.6 Å². The molecule has 98 heavy (non-hydrogen) atoms. The summed E-state index contributed by atoms with van der Waals surface area (Å²) in [5.41, 5.74) is 16.6. The number of carboxylic acids is 1. The van der Waals surface area contributed by atoms with Gasteiger partial charge in [0.25, 0.3) is 5.97 Å². The third-order valence-electron chi connectivity index (χ3n) is 19.3. The summed E-state index contributed by atoms with van der Waals surface area (Å²) < 4.78 is 43.0. The number of phenols is 2. The van der Waals surface area contributed by atoms with E-state index in [9.17, 15) is 24.6 Å². The molecule has 1 aliphatic heterocycles. The molecule has 0 saturated heterocycles. The Balaban J connectivity index is -0.000000530. The van der Waals surface area contributed by atoms with Crippen molar-refractivity contribution in [2.75, 3.05) is 0 Å². The van der Waals surface area contributed by atoms with Gasteiger partial charge in [-0.1, -0.05) is 148 Å². The number of aliphatic carboxylic acids is 1. The van der Waals surface area contributed by atoms with Crippen LogP contribution < -0.4 is 120 Å². The zero-order chi connectivity index (χ0) is 69.3. The zero-order valence-electron chi connectivity index (χ0n) is 61.3. The summed E-state index contributed by atoms with van der Waals surface area (Å²) in [5, 5.41) is 27.0. The number of hydrogen-bond donors (Lipinski definition) is 5. The molecule has 1 atom stereocenters. The fourth-order valence-corrected chi connectivity index (χ4v) is 12.5. The summed E-state index contributed by atoms with van der Waals surface area (Å²) in [4.78, 5) is 42.7. The quantitative estimate of drug-likeness (QED) is 0.0431. The summed E-state index contributed by atoms with van der Waals surface area (Å²) >= 11 is 0. The maximum absolute atomic E-state index is 11.6. The number of ketones is 2. The number of carbonyl (C=O) groups excluding carboxylic acids is 2. The normalized spacial score (nSPS) is 17.1. The Morgan fingerprint density at radius 3 is 1.34 bits per heavy atom. The Hall–Kier alpha value is -3.21. The molecule has 3 saturated carbocycles. The Morgan fingerprint density at radius 1 is 0.520 bits per heavy atom. The fraction of sp³-hybridized carbons (Fsp3) is 0.543. The number of aryl methyl sites for hydroxylation is 9. The molecule has 540 valence electrons. The number of carboxylic acid groups (broad SMARTS) is 1. The Morgan fingerprint density at radius 2 is 0.888 bits per heavy atom. The van der Waals surface area contributed by atoms with E-state index in [2.05, 4.69) is 60.1 Å². The first-order valence-electron chi connectivity index (χ1n) is 33.2. The number of ether oxygens (including phenoxy) is 1. The van der Waals surface area contributed by atoms with Crippen molar-refractivity contribution in [3.63, 3.8) is 0 Å². The van der Waals surface area contributed by atoms with Gasteiger partial charge >= 0.3 is 120 Å². The minimum Gasteiger partial charge on any atom is -0.870 e. The molecule has 1 unspecified atom stereocenters. The number of benzene rings is 5. The van der Waals surface area contributed by atoms with E-state index in [0.717, 1.165) is 111 Å². The van der Waals surface area contributed by atoms with Gasteiger partial charge in [-0.25, -0.2) is 0 Å². The third kappa shape index (κ3) is 35.3. The third-order valence-corrected chi connectivity index (χ3v) is 19.3. The van der Waals surface area contributed by atoms with Gasteiger partial charge in [0, 0.05) is 18.6 Å². The molecule has 0 bridgehead atoms. The molecule has 4 aliphatic rings. The van der Waals surface area contributed by atoms with E-state index >= 15 is 0 Å². The van der Waals surface area contributed by atoms with Crippen molar-refractivity contribution in [1.29, 1.82) is 0 Å². The molecule has 3 aliphatic carbocycles. The minimum atomic E-state index is -4.67. The van der Waals surface area contributed by atoms with E-state index in [1.807, 2.05) is 90.9 Å². The van der Waals surface area contributed by atoms with Crippen LogP contribution in [0.4, 0.5) is 0 Å². The number of aromatic hydroxyl groups is 2. The van der Waals surface area contributed by atoms with Gasteiger partial charge in [-0.2, -0.15) is 21.3 Å². The molecular formula is C81H124KO14RbS. The molecule has 5 aromatic carbocycles. The van der Waals surface area contributed by atoms with Gasteiger partial charge in [0.15, 0.2) is 17.0 Å². The molecule has 6 aromatic rings. The van der Waals surface area contributed by atoms with Crippen molar-refractivity contribution in [2.24, 2.45) is 29.6 Å². The predicted octanol–water partition coefficient (Wildman–Crippen LogP) is 15.4. The molecule has 1 aromatic heterocycles. The number of phenolic OH excluding ortho intramolecular Hbond substituents is 2. The minimum absolute atomic E-state index is 0. The molecular weight excluding hydrogens is 1350 g/mol. The van der Waals surface area contributed by atoms with Crippen LogP contribution in [0.15, 0.2) is 75.9 Å². The summed E-state index contributed by atoms with van der Waals surface area (Å²) in [6.45, 7) is 34.4. The first-order valence-corrected chi connectivity index (χ1v) is 34.5. The zero-order valence-corrected chi connectivity index (χ0v) is 70.1. The summed E-state index contributed by atoms with van der Waals surface area (Å²) in [5.74, 6) is 6.99. The van der Waals surface area contributed by atoms with Crippen LogP contribution in [0, 0.1) is 126 Å². The average Bonchev–Trinajstić information content (AvgIpc) is 0.786. The smallest absolute Gasteiger partial charge is 0.870 e. The van der Waals surface area contributed by atoms with Crippen LogP contribution in [0.3, 0.4) is 0 Å². The van der Waals surface area contributed by atoms with Crippen molar-refractivity contribution < 1.29 is 171 Å². The van der Waals surface area contributed by atoms with E-state index in [-0.39, 0.29) is 160 Å². The number of hydrogen-bond acceptors (Lipinski definition) is 11. The van der Waals surface area contributed by atoms with E-state index in [1.165, 1.54) is 85.8 Å². The maximum atomic E-state index is 11.6. The van der Waals surface area contributed by atoms with Gasteiger partial charge in [0.05, 0.1) is 17.1 Å². The van der Waals surface area contributed by atoms with Crippen molar-refractivity contribution in [1.82, 2.24) is 0 Å². The SMILES string of the molecule is C.C.C.CC(=O)O.CC(=O)c1ccc(C)c(C)c1C.CC(=O)c1ccc(C)c(C)c1O.CCC1CCC(CC2CCC(CC3CC[CH-]CC3)CC2)CC1.Cc1cc(=O)c2ccc(C)c(C)c2o1.Cc1ccc(C)c(O)c1C.Cc1ccc2c(c1C)OC(C)CC2.O=S(=O)(O)O.[K+].[OH-].[Rb+]. The average molecular weight is 1480 g/mol. The van der Waals surface area contributed by atoms with Gasteiger partial charge in [-0.15, -0.1) is 0 Å². The Labute approximate surface area is 683 Å². The van der Waals surface area contributed by atoms with Gasteiger partial charge in [-0.3, -0.25) is 28.3 Å². The van der Waals surface area contributed by atoms with Crippen molar-refractivity contribution >= 4 is 38.9 Å². The fourth-order valence-electron chi connectivity index (χ4n) is 12.5. The van der Waals surface area contributed by atoms with Crippen LogP contribution >= 0.6 is 0 Å². The molecule has 0 amide bonds. The van der Waals surface area contributed by atoms with Crippen molar-refractivity contribution in [2.45, 2.75) is 262 Å². The molecule has 14 nitrogen and oxygen atoms in total. The number of fused-ring (bicyclic) bond motifs is 2. The molecule has 17 heteroatoms. The standard InChI is InChI=1S/C22H39.C12H12O2.C12H16O.C11H14O.C10H12O2.C9H12O.C2H4O2.3CH4.K.H2O4S.H2O.Rb/c1-2-18-8-10-20(11-9-18)17-22-14-12-21(13-15-22)16-19-6-4-3-5-7-19;1-7-4-5-10-11(13)6-8(2)14-12(10)9(7)3;1-8-4-6-11-7-5-9(2)13-12(11)10(8)3;1-7-5-6-11(10(4)12)9(3)8(7)2;1-6-4-5-9(8(3)11)10(12)7(6)2;1-6-4-5-7(2)9(10)8(6)3;1-2(3)4;;;;;1-5(2,3)4;;/h3,18-22H,2,4-17H2,1H3;4-6H,1-3H3;4,6,9H,5,7H2,1-3H3;5-6H,1-4H3;4-5,12H,1-3H3;4-5,10H,1-3H3;1H3,(H,3,4);3*1H4;;(H2,1,2,3,4);1H2;/q-1;;;;;;;;;;+1;;;+1/p-1. The van der Waals surface area contributed by atoms with E-state index in [0.29, 0.717) is 28.6 Å². The second-order valence-corrected chi connectivity index (χ2v) is 27.3. The van der Waals surface area contributed by atoms with E-state index in [1.54, 1.807) is 78.2 Å². The summed E-state index contributed by atoms with van der Waals surface area (Å²) in [7, 11) is -4.67. The maximum Gasteiger partial charge on any atom is 1.00 e. The van der Waals surface area contributed by atoms with Crippen molar-refractivity contribution in [3.05, 3.63) is 173 Å². The topological polar surface area (TPSA) is 256 Å². The molecule has 6 N–H and O–H groups in total. The van der Waals surface area contributed by atoms with Gasteiger partial charge in [0.1, 0.15) is 28.6 Å². The van der Waals surface area contributed by atoms with E-state index in [4.69, 9.17) is 36.6 Å². The monoisotopic (exact) mass is 1480 g/mol. The Kier molecular flexibility index (Phi) is 51.9. The molecule has 10 rings (SSSR count).